The summed E-state index contributed by atoms with van der Waals surface area (Å²) in [7, 11) is 0. The number of aromatic nitrogens is 2. The van der Waals surface area contributed by atoms with E-state index < -0.39 is 0 Å². The SMILES string of the molecule is CC(NOC1CCCC1)c1cnn(-c2ccccc2)c1. The minimum atomic E-state index is 0.146. The lowest BCUT2D eigenvalue weighted by Gasteiger charge is -2.16. The third-order valence-electron chi connectivity index (χ3n) is 3.84. The van der Waals surface area contributed by atoms with Crippen LogP contribution in [0.1, 0.15) is 44.2 Å². The van der Waals surface area contributed by atoms with Crippen molar-refractivity contribution in [1.29, 1.82) is 0 Å². The molecule has 0 spiro atoms. The first-order chi connectivity index (χ1) is 9.83. The summed E-state index contributed by atoms with van der Waals surface area (Å²) in [6.45, 7) is 2.10. The fourth-order valence-electron chi connectivity index (χ4n) is 2.55. The summed E-state index contributed by atoms with van der Waals surface area (Å²) in [5.41, 5.74) is 5.36. The second-order valence-corrected chi connectivity index (χ2v) is 5.42. The minimum absolute atomic E-state index is 0.146. The second-order valence-electron chi connectivity index (χ2n) is 5.42. The Bertz CT molecular complexity index is 532. The van der Waals surface area contributed by atoms with Gasteiger partial charge in [-0.1, -0.05) is 31.0 Å². The second kappa shape index (κ2) is 6.20. The molecule has 1 aliphatic carbocycles. The highest BCUT2D eigenvalue weighted by Crippen LogP contribution is 2.21. The van der Waals surface area contributed by atoms with Crippen molar-refractivity contribution < 1.29 is 4.84 Å². The van der Waals surface area contributed by atoms with Crippen molar-refractivity contribution in [3.8, 4) is 5.69 Å². The Hall–Kier alpha value is -1.65. The Morgan fingerprint density at radius 2 is 2.00 bits per heavy atom. The molecule has 4 heteroatoms. The molecule has 1 atom stereocenters. The van der Waals surface area contributed by atoms with Gasteiger partial charge in [-0.3, -0.25) is 4.84 Å². The standard InChI is InChI=1S/C16H21N3O/c1-13(18-20-16-9-5-6-10-16)14-11-17-19(12-14)15-7-3-2-4-8-15/h2-4,7-8,11-13,16,18H,5-6,9-10H2,1H3. The van der Waals surface area contributed by atoms with Crippen LogP contribution in [0.25, 0.3) is 5.69 Å². The minimum Gasteiger partial charge on any atom is -0.298 e. The molecule has 20 heavy (non-hydrogen) atoms. The average Bonchev–Trinajstić information content (AvgIpc) is 3.17. The average molecular weight is 271 g/mol. The zero-order valence-electron chi connectivity index (χ0n) is 11.8. The number of para-hydroxylation sites is 1. The fourth-order valence-corrected chi connectivity index (χ4v) is 2.55. The van der Waals surface area contributed by atoms with Gasteiger partial charge in [0, 0.05) is 11.8 Å². The first-order valence-corrected chi connectivity index (χ1v) is 7.34. The van der Waals surface area contributed by atoms with Gasteiger partial charge in [-0.2, -0.15) is 10.6 Å². The molecule has 1 N–H and O–H groups in total. The van der Waals surface area contributed by atoms with E-state index in [1.165, 1.54) is 25.7 Å². The normalized spacial score (nSPS) is 17.4. The lowest BCUT2D eigenvalue weighted by Crippen LogP contribution is -2.24. The topological polar surface area (TPSA) is 39.1 Å². The van der Waals surface area contributed by atoms with E-state index in [-0.39, 0.29) is 6.04 Å². The van der Waals surface area contributed by atoms with Crippen LogP contribution in [-0.4, -0.2) is 15.9 Å². The Morgan fingerprint density at radius 3 is 2.75 bits per heavy atom. The zero-order valence-corrected chi connectivity index (χ0v) is 11.8. The molecular weight excluding hydrogens is 250 g/mol. The van der Waals surface area contributed by atoms with E-state index in [4.69, 9.17) is 4.84 Å². The van der Waals surface area contributed by atoms with E-state index >= 15 is 0 Å². The van der Waals surface area contributed by atoms with Gasteiger partial charge in [-0.15, -0.1) is 0 Å². The molecule has 1 heterocycles. The van der Waals surface area contributed by atoms with Crippen LogP contribution in [0.2, 0.25) is 0 Å². The maximum atomic E-state index is 5.75. The van der Waals surface area contributed by atoms with E-state index in [1.807, 2.05) is 47.4 Å². The first-order valence-electron chi connectivity index (χ1n) is 7.34. The van der Waals surface area contributed by atoms with Crippen LogP contribution in [-0.2, 0) is 4.84 Å². The number of hydroxylamine groups is 1. The van der Waals surface area contributed by atoms with Crippen molar-refractivity contribution in [2.75, 3.05) is 0 Å². The predicted octanol–water partition coefficient (Wildman–Crippen LogP) is 3.40. The summed E-state index contributed by atoms with van der Waals surface area (Å²) in [6, 6.07) is 10.3. The van der Waals surface area contributed by atoms with Gasteiger partial charge in [0.25, 0.3) is 0 Å². The number of hydrogen-bond donors (Lipinski definition) is 1. The molecule has 0 saturated heterocycles. The Morgan fingerprint density at radius 1 is 1.25 bits per heavy atom. The summed E-state index contributed by atoms with van der Waals surface area (Å²) < 4.78 is 1.89. The van der Waals surface area contributed by atoms with Gasteiger partial charge in [0.15, 0.2) is 0 Å². The highest BCUT2D eigenvalue weighted by Gasteiger charge is 2.17. The number of benzene rings is 1. The first kappa shape index (κ1) is 13.3. The molecule has 1 saturated carbocycles. The molecule has 0 radical (unpaired) electrons. The number of hydrogen-bond acceptors (Lipinski definition) is 3. The van der Waals surface area contributed by atoms with Crippen LogP contribution in [0.15, 0.2) is 42.7 Å². The fraction of sp³-hybridized carbons (Fsp3) is 0.438. The lowest BCUT2D eigenvalue weighted by atomic mass is 10.2. The number of nitrogens with zero attached hydrogens (tertiary/aromatic N) is 2. The van der Waals surface area contributed by atoms with E-state index in [9.17, 15) is 0 Å². The molecule has 0 aliphatic heterocycles. The molecule has 1 unspecified atom stereocenters. The maximum absolute atomic E-state index is 5.75. The van der Waals surface area contributed by atoms with Crippen molar-refractivity contribution in [2.45, 2.75) is 44.8 Å². The van der Waals surface area contributed by atoms with Gasteiger partial charge in [-0.05, 0) is 31.9 Å². The van der Waals surface area contributed by atoms with Crippen LogP contribution < -0.4 is 5.48 Å². The van der Waals surface area contributed by atoms with E-state index in [1.54, 1.807) is 0 Å². The molecule has 4 nitrogen and oxygen atoms in total. The van der Waals surface area contributed by atoms with Crippen molar-refractivity contribution in [3.05, 3.63) is 48.3 Å². The van der Waals surface area contributed by atoms with Gasteiger partial charge in [0.05, 0.1) is 24.0 Å². The lowest BCUT2D eigenvalue weighted by molar-refractivity contribution is -0.0376. The van der Waals surface area contributed by atoms with Crippen molar-refractivity contribution >= 4 is 0 Å². The van der Waals surface area contributed by atoms with E-state index in [0.717, 1.165) is 11.3 Å². The highest BCUT2D eigenvalue weighted by atomic mass is 16.7. The molecule has 1 fully saturated rings. The summed E-state index contributed by atoms with van der Waals surface area (Å²) in [5, 5.41) is 4.41. The molecule has 1 aromatic heterocycles. The molecular formula is C16H21N3O. The van der Waals surface area contributed by atoms with E-state index in [2.05, 4.69) is 17.5 Å². The number of rotatable bonds is 5. The van der Waals surface area contributed by atoms with Crippen LogP contribution >= 0.6 is 0 Å². The van der Waals surface area contributed by atoms with Gasteiger partial charge in [0.2, 0.25) is 0 Å². The van der Waals surface area contributed by atoms with E-state index in [0.29, 0.717) is 6.10 Å². The van der Waals surface area contributed by atoms with Crippen LogP contribution in [0.5, 0.6) is 0 Å². The summed E-state index contributed by atoms with van der Waals surface area (Å²) in [4.78, 5) is 5.75. The third kappa shape index (κ3) is 3.08. The summed E-state index contributed by atoms with van der Waals surface area (Å²) in [5.74, 6) is 0. The van der Waals surface area contributed by atoms with Crippen molar-refractivity contribution in [1.82, 2.24) is 15.3 Å². The Balaban J connectivity index is 1.61. The smallest absolute Gasteiger partial charge is 0.0790 e. The predicted molar refractivity (Wildman–Crippen MR) is 78.5 cm³/mol. The summed E-state index contributed by atoms with van der Waals surface area (Å²) >= 11 is 0. The van der Waals surface area contributed by atoms with Crippen molar-refractivity contribution in [3.63, 3.8) is 0 Å². The quantitative estimate of drug-likeness (QED) is 0.847. The van der Waals surface area contributed by atoms with Gasteiger partial charge in [0.1, 0.15) is 0 Å². The third-order valence-corrected chi connectivity index (χ3v) is 3.84. The van der Waals surface area contributed by atoms with Gasteiger partial charge >= 0.3 is 0 Å². The maximum Gasteiger partial charge on any atom is 0.0790 e. The molecule has 3 rings (SSSR count). The highest BCUT2D eigenvalue weighted by molar-refractivity contribution is 5.31. The largest absolute Gasteiger partial charge is 0.298 e. The van der Waals surface area contributed by atoms with Crippen LogP contribution in [0, 0.1) is 0 Å². The molecule has 0 bridgehead atoms. The zero-order chi connectivity index (χ0) is 13.8. The van der Waals surface area contributed by atoms with Crippen LogP contribution in [0.4, 0.5) is 0 Å². The molecule has 2 aromatic rings. The Labute approximate surface area is 119 Å². The number of nitrogens with one attached hydrogen (secondary N) is 1. The monoisotopic (exact) mass is 271 g/mol. The molecule has 0 amide bonds. The van der Waals surface area contributed by atoms with Gasteiger partial charge < -0.3 is 0 Å². The summed E-state index contributed by atoms with van der Waals surface area (Å²) in [6.07, 6.45) is 9.22. The van der Waals surface area contributed by atoms with Gasteiger partial charge in [-0.25, -0.2) is 4.68 Å². The molecule has 106 valence electrons. The van der Waals surface area contributed by atoms with Crippen molar-refractivity contribution in [2.24, 2.45) is 0 Å². The Kier molecular flexibility index (Phi) is 4.14. The molecule has 1 aliphatic rings. The molecule has 1 aromatic carbocycles. The van der Waals surface area contributed by atoms with Crippen LogP contribution in [0.3, 0.4) is 0 Å².